The minimum absolute atomic E-state index is 0.0416. The number of carbonyl (C=O) groups is 3. The molecule has 0 radical (unpaired) electrons. The molecule has 2 fully saturated rings. The van der Waals surface area contributed by atoms with Crippen LogP contribution in [0.25, 0.3) is 0 Å². The van der Waals surface area contributed by atoms with Gasteiger partial charge in [-0.3, -0.25) is 9.69 Å². The van der Waals surface area contributed by atoms with Crippen molar-refractivity contribution in [3.8, 4) is 0 Å². The Morgan fingerprint density at radius 3 is 2.00 bits per heavy atom. The lowest BCUT2D eigenvalue weighted by molar-refractivity contribution is -0.139. The van der Waals surface area contributed by atoms with Gasteiger partial charge in [0.15, 0.2) is 0 Å². The van der Waals surface area contributed by atoms with E-state index in [9.17, 15) is 14.4 Å². The Balaban J connectivity index is 1.71. The van der Waals surface area contributed by atoms with Crippen molar-refractivity contribution in [2.24, 2.45) is 0 Å². The fourth-order valence-corrected chi connectivity index (χ4v) is 3.74. The molecule has 0 aromatic rings. The molecule has 1 heterocycles. The van der Waals surface area contributed by atoms with Gasteiger partial charge in [-0.1, -0.05) is 6.92 Å². The molecule has 0 atom stereocenters. The number of likely N-dealkylation sites (N-methyl/N-ethyl adjacent to an activating group) is 1. The van der Waals surface area contributed by atoms with Gasteiger partial charge in [0.05, 0.1) is 6.54 Å². The van der Waals surface area contributed by atoms with Crippen molar-refractivity contribution in [2.45, 2.75) is 45.7 Å². The Labute approximate surface area is 161 Å². The van der Waals surface area contributed by atoms with E-state index in [2.05, 4.69) is 5.32 Å². The highest BCUT2D eigenvalue weighted by Crippen LogP contribution is 2.25. The number of nitrogens with zero attached hydrogens (tertiary/aromatic N) is 4. The van der Waals surface area contributed by atoms with E-state index in [4.69, 9.17) is 5.11 Å². The normalized spacial score (nSPS) is 22.4. The molecule has 1 saturated heterocycles. The van der Waals surface area contributed by atoms with Crippen molar-refractivity contribution < 1.29 is 19.5 Å². The Morgan fingerprint density at radius 2 is 1.52 bits per heavy atom. The molecule has 4 amide bonds. The van der Waals surface area contributed by atoms with Crippen molar-refractivity contribution >= 4 is 18.0 Å². The summed E-state index contributed by atoms with van der Waals surface area (Å²) in [4.78, 5) is 43.0. The molecule has 9 nitrogen and oxygen atoms in total. The van der Waals surface area contributed by atoms with Gasteiger partial charge in [-0.05, 0) is 33.2 Å². The predicted molar refractivity (Wildman–Crippen MR) is 102 cm³/mol. The van der Waals surface area contributed by atoms with Gasteiger partial charge in [-0.2, -0.15) is 0 Å². The Bertz CT molecular complexity index is 526. The van der Waals surface area contributed by atoms with Crippen LogP contribution in [0.4, 0.5) is 9.59 Å². The van der Waals surface area contributed by atoms with Crippen LogP contribution >= 0.6 is 0 Å². The van der Waals surface area contributed by atoms with Gasteiger partial charge in [0.1, 0.15) is 0 Å². The number of rotatable bonds is 7. The SMILES string of the molecule is CCN(CC)C(=O)N1CCN(C(=O)NC2CC(N(CC)CC(=O)O)C2)CC1. The monoisotopic (exact) mass is 383 g/mol. The summed E-state index contributed by atoms with van der Waals surface area (Å²) in [6.45, 7) is 10.2. The van der Waals surface area contributed by atoms with Crippen LogP contribution < -0.4 is 5.32 Å². The third kappa shape index (κ3) is 5.47. The van der Waals surface area contributed by atoms with Crippen molar-refractivity contribution in [3.05, 3.63) is 0 Å². The molecule has 0 unspecified atom stereocenters. The van der Waals surface area contributed by atoms with E-state index in [1.807, 2.05) is 25.7 Å². The zero-order valence-electron chi connectivity index (χ0n) is 16.7. The second-order valence-electron chi connectivity index (χ2n) is 7.16. The average molecular weight is 383 g/mol. The van der Waals surface area contributed by atoms with E-state index in [0.717, 1.165) is 12.8 Å². The van der Waals surface area contributed by atoms with E-state index in [0.29, 0.717) is 45.8 Å². The number of carboxylic acids is 1. The first-order valence-corrected chi connectivity index (χ1v) is 9.94. The van der Waals surface area contributed by atoms with E-state index >= 15 is 0 Å². The minimum Gasteiger partial charge on any atom is -0.480 e. The van der Waals surface area contributed by atoms with E-state index < -0.39 is 5.97 Å². The van der Waals surface area contributed by atoms with Gasteiger partial charge < -0.3 is 25.1 Å². The van der Waals surface area contributed by atoms with E-state index in [1.165, 1.54) is 0 Å². The summed E-state index contributed by atoms with van der Waals surface area (Å²) in [5.74, 6) is -0.818. The fraction of sp³-hybridized carbons (Fsp3) is 0.833. The molecule has 1 aliphatic carbocycles. The Morgan fingerprint density at radius 1 is 0.963 bits per heavy atom. The summed E-state index contributed by atoms with van der Waals surface area (Å²) in [5, 5.41) is 12.0. The largest absolute Gasteiger partial charge is 0.480 e. The molecule has 0 spiro atoms. The van der Waals surface area contributed by atoms with Crippen LogP contribution in [-0.2, 0) is 4.79 Å². The number of hydrogen-bond acceptors (Lipinski definition) is 4. The van der Waals surface area contributed by atoms with Crippen LogP contribution in [0, 0.1) is 0 Å². The van der Waals surface area contributed by atoms with Crippen LogP contribution in [0.5, 0.6) is 0 Å². The molecular weight excluding hydrogens is 350 g/mol. The molecule has 1 aliphatic heterocycles. The number of amides is 4. The quantitative estimate of drug-likeness (QED) is 0.675. The topological polar surface area (TPSA) is 96.4 Å². The maximum absolute atomic E-state index is 12.4. The minimum atomic E-state index is -0.818. The van der Waals surface area contributed by atoms with Crippen LogP contribution in [0.15, 0.2) is 0 Å². The van der Waals surface area contributed by atoms with E-state index in [-0.39, 0.29) is 30.7 Å². The molecular formula is C18H33N5O4. The molecule has 0 aromatic carbocycles. The van der Waals surface area contributed by atoms with Gasteiger partial charge in [0, 0.05) is 51.4 Å². The highest BCUT2D eigenvalue weighted by Gasteiger charge is 2.36. The van der Waals surface area contributed by atoms with Gasteiger partial charge in [-0.25, -0.2) is 9.59 Å². The number of hydrogen-bond donors (Lipinski definition) is 2. The highest BCUT2D eigenvalue weighted by molar-refractivity contribution is 5.77. The second-order valence-corrected chi connectivity index (χ2v) is 7.16. The van der Waals surface area contributed by atoms with Crippen molar-refractivity contribution in [3.63, 3.8) is 0 Å². The first-order chi connectivity index (χ1) is 12.9. The second kappa shape index (κ2) is 9.77. The predicted octanol–water partition coefficient (Wildman–Crippen LogP) is 0.713. The molecule has 0 bridgehead atoms. The third-order valence-corrected chi connectivity index (χ3v) is 5.57. The van der Waals surface area contributed by atoms with Gasteiger partial charge in [0.2, 0.25) is 0 Å². The number of urea groups is 2. The summed E-state index contributed by atoms with van der Waals surface area (Å²) in [5.41, 5.74) is 0. The lowest BCUT2D eigenvalue weighted by Crippen LogP contribution is -2.60. The summed E-state index contributed by atoms with van der Waals surface area (Å²) in [7, 11) is 0. The Kier molecular flexibility index (Phi) is 7.70. The first kappa shape index (κ1) is 21.3. The number of piperazine rings is 1. The third-order valence-electron chi connectivity index (χ3n) is 5.57. The van der Waals surface area contributed by atoms with Crippen LogP contribution in [0.1, 0.15) is 33.6 Å². The molecule has 9 heteroatoms. The maximum Gasteiger partial charge on any atom is 0.320 e. The smallest absolute Gasteiger partial charge is 0.320 e. The molecule has 1 saturated carbocycles. The average Bonchev–Trinajstić information content (AvgIpc) is 2.63. The number of nitrogens with one attached hydrogen (secondary N) is 1. The number of aliphatic carboxylic acids is 1. The number of carboxylic acid groups (broad SMARTS) is 1. The van der Waals surface area contributed by atoms with Gasteiger partial charge in [0.25, 0.3) is 0 Å². The van der Waals surface area contributed by atoms with Crippen molar-refractivity contribution in [1.82, 2.24) is 24.9 Å². The fourth-order valence-electron chi connectivity index (χ4n) is 3.74. The first-order valence-electron chi connectivity index (χ1n) is 9.94. The molecule has 2 N–H and O–H groups in total. The molecule has 27 heavy (non-hydrogen) atoms. The standard InChI is InChI=1S/C18H33N5O4/c1-4-20(5-2)18(27)23-9-7-22(8-10-23)17(26)19-14-11-15(12-14)21(6-3)13-16(24)25/h14-15H,4-13H2,1-3H3,(H,19,26)(H,24,25). The van der Waals surface area contributed by atoms with E-state index in [1.54, 1.807) is 14.7 Å². The zero-order valence-corrected chi connectivity index (χ0v) is 16.7. The summed E-state index contributed by atoms with van der Waals surface area (Å²) in [6, 6.07) is 0.273. The summed E-state index contributed by atoms with van der Waals surface area (Å²) >= 11 is 0. The molecule has 0 aromatic heterocycles. The molecule has 2 aliphatic rings. The Hall–Kier alpha value is -2.03. The van der Waals surface area contributed by atoms with Crippen molar-refractivity contribution in [1.29, 1.82) is 0 Å². The number of carbonyl (C=O) groups excluding carboxylic acids is 2. The van der Waals surface area contributed by atoms with Crippen LogP contribution in [-0.4, -0.2) is 107 Å². The lowest BCUT2D eigenvalue weighted by atomic mass is 9.85. The molecule has 154 valence electrons. The zero-order chi connectivity index (χ0) is 20.0. The van der Waals surface area contributed by atoms with Gasteiger partial charge >= 0.3 is 18.0 Å². The maximum atomic E-state index is 12.4. The van der Waals surface area contributed by atoms with Crippen LogP contribution in [0.3, 0.4) is 0 Å². The highest BCUT2D eigenvalue weighted by atomic mass is 16.4. The molecule has 2 rings (SSSR count). The summed E-state index contributed by atoms with van der Waals surface area (Å²) in [6.07, 6.45) is 1.57. The lowest BCUT2D eigenvalue weighted by Gasteiger charge is -2.43. The van der Waals surface area contributed by atoms with Crippen LogP contribution in [0.2, 0.25) is 0 Å². The van der Waals surface area contributed by atoms with Crippen molar-refractivity contribution in [2.75, 3.05) is 52.4 Å². The summed E-state index contributed by atoms with van der Waals surface area (Å²) < 4.78 is 0. The van der Waals surface area contributed by atoms with Gasteiger partial charge in [-0.15, -0.1) is 0 Å².